The van der Waals surface area contributed by atoms with Crippen molar-refractivity contribution in [3.05, 3.63) is 75.9 Å². The van der Waals surface area contributed by atoms with E-state index >= 15 is 0 Å². The van der Waals surface area contributed by atoms with Crippen molar-refractivity contribution in [3.8, 4) is 11.3 Å². The summed E-state index contributed by atoms with van der Waals surface area (Å²) in [6.07, 6.45) is 0. The number of hydrogen-bond donors (Lipinski definition) is 0. The Balaban J connectivity index is 2.12. The summed E-state index contributed by atoms with van der Waals surface area (Å²) in [6.45, 7) is 1.81. The first-order chi connectivity index (χ1) is 11.6. The Kier molecular flexibility index (Phi) is 4.66. The molecule has 0 unspecified atom stereocenters. The first-order valence-electron chi connectivity index (χ1n) is 7.29. The molecule has 0 aliphatic heterocycles. The molecule has 1 heterocycles. The van der Waals surface area contributed by atoms with Crippen LogP contribution < -0.4 is 4.80 Å². The van der Waals surface area contributed by atoms with Gasteiger partial charge in [-0.1, -0.05) is 12.1 Å². The molecular weight excluding hydrogens is 328 g/mol. The summed E-state index contributed by atoms with van der Waals surface area (Å²) in [7, 11) is 1.68. The van der Waals surface area contributed by atoms with Crippen LogP contribution in [0.25, 0.3) is 11.3 Å². The van der Waals surface area contributed by atoms with Gasteiger partial charge < -0.3 is 0 Å². The molecule has 0 saturated heterocycles. The van der Waals surface area contributed by atoms with E-state index in [4.69, 9.17) is 0 Å². The monoisotopic (exact) mass is 343 g/mol. The Bertz CT molecular complexity index is 953. The van der Waals surface area contributed by atoms with Crippen LogP contribution in [0.5, 0.6) is 0 Å². The van der Waals surface area contributed by atoms with E-state index in [1.165, 1.54) is 35.6 Å². The summed E-state index contributed by atoms with van der Waals surface area (Å²) < 4.78 is 28.3. The molecule has 6 heteroatoms. The summed E-state index contributed by atoms with van der Waals surface area (Å²) >= 11 is 1.44. The van der Waals surface area contributed by atoms with E-state index in [2.05, 4.69) is 10.1 Å². The van der Waals surface area contributed by atoms with Crippen LogP contribution in [0, 0.1) is 11.6 Å². The maximum atomic E-state index is 13.4. The van der Waals surface area contributed by atoms with Crippen molar-refractivity contribution in [2.45, 2.75) is 6.92 Å². The van der Waals surface area contributed by atoms with Gasteiger partial charge in [-0.2, -0.15) is 5.10 Å². The molecule has 122 valence electrons. The molecule has 0 spiro atoms. The molecule has 0 amide bonds. The molecule has 24 heavy (non-hydrogen) atoms. The Labute approximate surface area is 142 Å². The lowest BCUT2D eigenvalue weighted by atomic mass is 10.1. The second-order valence-electron chi connectivity index (χ2n) is 5.14. The third kappa shape index (κ3) is 3.33. The van der Waals surface area contributed by atoms with Gasteiger partial charge in [-0.3, -0.25) is 4.99 Å². The highest BCUT2D eigenvalue weighted by Gasteiger charge is 2.09. The highest BCUT2D eigenvalue weighted by Crippen LogP contribution is 2.21. The second kappa shape index (κ2) is 6.88. The van der Waals surface area contributed by atoms with E-state index in [-0.39, 0.29) is 11.6 Å². The number of benzene rings is 2. The zero-order valence-corrected chi connectivity index (χ0v) is 14.0. The molecule has 0 fully saturated rings. The Morgan fingerprint density at radius 1 is 1.04 bits per heavy atom. The standard InChI is InChI=1S/C18H15F2N3S/c1-12(14-4-3-5-16(20)10-14)22-23-17(11-24-18(23)21-2)13-6-8-15(19)9-7-13/h3-11H,1-2H3. The van der Waals surface area contributed by atoms with Crippen LogP contribution in [0.15, 0.2) is 64.0 Å². The highest BCUT2D eigenvalue weighted by atomic mass is 32.1. The predicted molar refractivity (Wildman–Crippen MR) is 93.2 cm³/mol. The molecule has 1 aromatic heterocycles. The van der Waals surface area contributed by atoms with Crippen molar-refractivity contribution in [1.82, 2.24) is 4.68 Å². The predicted octanol–water partition coefficient (Wildman–Crippen LogP) is 4.30. The minimum Gasteiger partial charge on any atom is -0.261 e. The van der Waals surface area contributed by atoms with E-state index in [0.717, 1.165) is 11.3 Å². The lowest BCUT2D eigenvalue weighted by molar-refractivity contribution is 0.627. The van der Waals surface area contributed by atoms with Gasteiger partial charge in [-0.05, 0) is 43.3 Å². The molecule has 0 atom stereocenters. The first-order valence-corrected chi connectivity index (χ1v) is 8.17. The van der Waals surface area contributed by atoms with Crippen molar-refractivity contribution in [1.29, 1.82) is 0 Å². The Morgan fingerprint density at radius 3 is 2.46 bits per heavy atom. The maximum absolute atomic E-state index is 13.4. The molecule has 0 radical (unpaired) electrons. The van der Waals surface area contributed by atoms with Gasteiger partial charge in [-0.25, -0.2) is 13.5 Å². The normalized spacial score (nSPS) is 12.7. The maximum Gasteiger partial charge on any atom is 0.205 e. The SMILES string of the molecule is CN=c1scc(-c2ccc(F)cc2)n1N=C(C)c1cccc(F)c1. The molecular formula is C18H15F2N3S. The summed E-state index contributed by atoms with van der Waals surface area (Å²) in [5.74, 6) is -0.600. The summed E-state index contributed by atoms with van der Waals surface area (Å²) in [5.41, 5.74) is 2.99. The molecule has 0 aliphatic carbocycles. The molecule has 2 aromatic carbocycles. The number of thiazole rings is 1. The average Bonchev–Trinajstić information content (AvgIpc) is 2.98. The van der Waals surface area contributed by atoms with Gasteiger partial charge in [0.1, 0.15) is 11.6 Å². The second-order valence-corrected chi connectivity index (χ2v) is 5.98. The Hall–Kier alpha value is -2.60. The molecule has 3 rings (SSSR count). The topological polar surface area (TPSA) is 29.6 Å². The van der Waals surface area contributed by atoms with E-state index in [1.54, 1.807) is 36.0 Å². The third-order valence-electron chi connectivity index (χ3n) is 3.51. The van der Waals surface area contributed by atoms with E-state index in [1.807, 2.05) is 12.3 Å². The summed E-state index contributed by atoms with van der Waals surface area (Å²) in [5, 5.41) is 6.50. The van der Waals surface area contributed by atoms with Crippen molar-refractivity contribution in [2.24, 2.45) is 10.1 Å². The fourth-order valence-corrected chi connectivity index (χ4v) is 3.09. The first kappa shape index (κ1) is 16.3. The molecule has 3 nitrogen and oxygen atoms in total. The van der Waals surface area contributed by atoms with E-state index in [0.29, 0.717) is 16.1 Å². The van der Waals surface area contributed by atoms with Gasteiger partial charge in [0.15, 0.2) is 0 Å². The van der Waals surface area contributed by atoms with Crippen LogP contribution >= 0.6 is 11.3 Å². The van der Waals surface area contributed by atoms with Gasteiger partial charge in [-0.15, -0.1) is 11.3 Å². The van der Waals surface area contributed by atoms with Crippen LogP contribution in [0.3, 0.4) is 0 Å². The number of hydrogen-bond acceptors (Lipinski definition) is 3. The van der Waals surface area contributed by atoms with Crippen molar-refractivity contribution >= 4 is 17.0 Å². The van der Waals surface area contributed by atoms with Crippen LogP contribution in [-0.4, -0.2) is 17.4 Å². The van der Waals surface area contributed by atoms with Crippen LogP contribution in [-0.2, 0) is 0 Å². The fraction of sp³-hybridized carbons (Fsp3) is 0.111. The summed E-state index contributed by atoms with van der Waals surface area (Å²) in [6, 6.07) is 12.5. The van der Waals surface area contributed by atoms with Gasteiger partial charge in [0.25, 0.3) is 0 Å². The molecule has 0 aliphatic rings. The molecule has 0 saturated carbocycles. The zero-order valence-electron chi connectivity index (χ0n) is 13.2. The quantitative estimate of drug-likeness (QED) is 0.635. The molecule has 0 bridgehead atoms. The average molecular weight is 343 g/mol. The zero-order chi connectivity index (χ0) is 17.1. The van der Waals surface area contributed by atoms with Gasteiger partial charge in [0.05, 0.1) is 11.4 Å². The fourth-order valence-electron chi connectivity index (χ4n) is 2.29. The number of aromatic nitrogens is 1. The van der Waals surface area contributed by atoms with Crippen LogP contribution in [0.2, 0.25) is 0 Å². The molecule has 0 N–H and O–H groups in total. The number of halogens is 2. The Morgan fingerprint density at radius 2 is 1.79 bits per heavy atom. The minimum atomic E-state index is -0.309. The van der Waals surface area contributed by atoms with Crippen LogP contribution in [0.4, 0.5) is 8.78 Å². The third-order valence-corrected chi connectivity index (χ3v) is 4.42. The largest absolute Gasteiger partial charge is 0.261 e. The highest BCUT2D eigenvalue weighted by molar-refractivity contribution is 7.07. The van der Waals surface area contributed by atoms with Gasteiger partial charge in [0, 0.05) is 23.6 Å². The lowest BCUT2D eigenvalue weighted by Crippen LogP contribution is -2.13. The van der Waals surface area contributed by atoms with E-state index in [9.17, 15) is 8.78 Å². The number of rotatable bonds is 3. The van der Waals surface area contributed by atoms with Crippen molar-refractivity contribution in [2.75, 3.05) is 7.05 Å². The summed E-state index contributed by atoms with van der Waals surface area (Å²) in [4.78, 5) is 4.92. The lowest BCUT2D eigenvalue weighted by Gasteiger charge is -2.06. The van der Waals surface area contributed by atoms with Gasteiger partial charge >= 0.3 is 0 Å². The number of nitrogens with zero attached hydrogens (tertiary/aromatic N) is 3. The van der Waals surface area contributed by atoms with Gasteiger partial charge in [0.2, 0.25) is 4.80 Å². The van der Waals surface area contributed by atoms with Crippen molar-refractivity contribution < 1.29 is 8.78 Å². The minimum absolute atomic E-state index is 0.291. The molecule has 3 aromatic rings. The van der Waals surface area contributed by atoms with Crippen molar-refractivity contribution in [3.63, 3.8) is 0 Å². The van der Waals surface area contributed by atoms with E-state index < -0.39 is 0 Å². The van der Waals surface area contributed by atoms with Crippen LogP contribution in [0.1, 0.15) is 12.5 Å². The smallest absolute Gasteiger partial charge is 0.205 e.